The molecule has 0 fully saturated rings. The SMILES string of the molecule is CCCCOC[C@@H](O)CN(C)C[C@H](O)COc1ccccc1C(F)(F)F. The van der Waals surface area contributed by atoms with E-state index in [4.69, 9.17) is 9.47 Å². The number of hydrogen-bond donors (Lipinski definition) is 2. The van der Waals surface area contributed by atoms with E-state index in [9.17, 15) is 23.4 Å². The predicted molar refractivity (Wildman–Crippen MR) is 92.2 cm³/mol. The molecular weight excluding hydrogens is 351 g/mol. The van der Waals surface area contributed by atoms with Gasteiger partial charge in [-0.1, -0.05) is 25.5 Å². The Morgan fingerprint density at radius 2 is 1.69 bits per heavy atom. The molecule has 0 saturated carbocycles. The summed E-state index contributed by atoms with van der Waals surface area (Å²) in [6.07, 6.45) is -4.26. The molecule has 1 aromatic carbocycles. The first-order valence-electron chi connectivity index (χ1n) is 8.65. The maximum atomic E-state index is 12.9. The zero-order valence-electron chi connectivity index (χ0n) is 15.2. The summed E-state index contributed by atoms with van der Waals surface area (Å²) in [4.78, 5) is 1.68. The fourth-order valence-corrected chi connectivity index (χ4v) is 2.38. The van der Waals surface area contributed by atoms with Crippen LogP contribution in [0.15, 0.2) is 24.3 Å². The van der Waals surface area contributed by atoms with Crippen LogP contribution < -0.4 is 4.74 Å². The van der Waals surface area contributed by atoms with Crippen LogP contribution >= 0.6 is 0 Å². The Morgan fingerprint density at radius 1 is 1.08 bits per heavy atom. The highest BCUT2D eigenvalue weighted by atomic mass is 19.4. The van der Waals surface area contributed by atoms with Gasteiger partial charge in [0.05, 0.1) is 18.3 Å². The van der Waals surface area contributed by atoms with Gasteiger partial charge >= 0.3 is 6.18 Å². The number of aliphatic hydroxyl groups is 2. The number of unbranched alkanes of at least 4 members (excludes halogenated alkanes) is 1. The minimum Gasteiger partial charge on any atom is -0.490 e. The summed E-state index contributed by atoms with van der Waals surface area (Å²) in [6, 6.07) is 4.88. The summed E-state index contributed by atoms with van der Waals surface area (Å²) >= 11 is 0. The van der Waals surface area contributed by atoms with Crippen molar-refractivity contribution in [2.45, 2.75) is 38.1 Å². The van der Waals surface area contributed by atoms with Gasteiger partial charge in [-0.05, 0) is 25.6 Å². The van der Waals surface area contributed by atoms with Crippen molar-refractivity contribution < 1.29 is 32.9 Å². The highest BCUT2D eigenvalue weighted by molar-refractivity contribution is 5.35. The van der Waals surface area contributed by atoms with Crippen molar-refractivity contribution in [1.82, 2.24) is 4.90 Å². The highest BCUT2D eigenvalue weighted by Gasteiger charge is 2.34. The quantitative estimate of drug-likeness (QED) is 0.547. The number of halogens is 3. The molecule has 26 heavy (non-hydrogen) atoms. The summed E-state index contributed by atoms with van der Waals surface area (Å²) in [5.74, 6) is -0.314. The molecule has 1 rings (SSSR count). The molecule has 150 valence electrons. The van der Waals surface area contributed by atoms with E-state index >= 15 is 0 Å². The molecule has 5 nitrogen and oxygen atoms in total. The minimum absolute atomic E-state index is 0.153. The second-order valence-electron chi connectivity index (χ2n) is 6.26. The lowest BCUT2D eigenvalue weighted by Crippen LogP contribution is -2.39. The first-order chi connectivity index (χ1) is 12.2. The molecule has 0 heterocycles. The fraction of sp³-hybridized carbons (Fsp3) is 0.667. The van der Waals surface area contributed by atoms with Crippen LogP contribution in [-0.2, 0) is 10.9 Å². The average Bonchev–Trinajstić information content (AvgIpc) is 2.56. The molecule has 0 aromatic heterocycles. The Labute approximate surface area is 152 Å². The average molecular weight is 379 g/mol. The van der Waals surface area contributed by atoms with Crippen LogP contribution in [-0.4, -0.2) is 67.3 Å². The third kappa shape index (κ3) is 8.84. The fourth-order valence-electron chi connectivity index (χ4n) is 2.38. The van der Waals surface area contributed by atoms with Gasteiger partial charge in [0.25, 0.3) is 0 Å². The van der Waals surface area contributed by atoms with Crippen LogP contribution in [0.25, 0.3) is 0 Å². The first-order valence-corrected chi connectivity index (χ1v) is 8.65. The van der Waals surface area contributed by atoms with Gasteiger partial charge in [-0.2, -0.15) is 13.2 Å². The van der Waals surface area contributed by atoms with Crippen LogP contribution in [0.3, 0.4) is 0 Å². The van der Waals surface area contributed by atoms with E-state index in [2.05, 4.69) is 0 Å². The van der Waals surface area contributed by atoms with E-state index in [1.807, 2.05) is 6.92 Å². The number of alkyl halides is 3. The Kier molecular flexibility index (Phi) is 9.93. The largest absolute Gasteiger partial charge is 0.490 e. The van der Waals surface area contributed by atoms with Crippen LogP contribution in [0.5, 0.6) is 5.75 Å². The number of nitrogens with zero attached hydrogens (tertiary/aromatic N) is 1. The number of likely N-dealkylation sites (N-methyl/N-ethyl adjacent to an activating group) is 1. The number of para-hydroxylation sites is 1. The Balaban J connectivity index is 2.37. The molecule has 1 aromatic rings. The maximum Gasteiger partial charge on any atom is 0.419 e. The molecule has 0 unspecified atom stereocenters. The maximum absolute atomic E-state index is 12.9. The molecule has 0 aliphatic carbocycles. The van der Waals surface area contributed by atoms with Crippen molar-refractivity contribution in [1.29, 1.82) is 0 Å². The number of ether oxygens (including phenoxy) is 2. The van der Waals surface area contributed by atoms with Crippen molar-refractivity contribution in [3.05, 3.63) is 29.8 Å². The van der Waals surface area contributed by atoms with E-state index in [1.54, 1.807) is 11.9 Å². The van der Waals surface area contributed by atoms with Crippen molar-refractivity contribution in [2.75, 3.05) is 40.0 Å². The van der Waals surface area contributed by atoms with Gasteiger partial charge in [-0.3, -0.25) is 0 Å². The smallest absolute Gasteiger partial charge is 0.419 e. The molecule has 0 radical (unpaired) electrons. The van der Waals surface area contributed by atoms with Gasteiger partial charge in [0.2, 0.25) is 0 Å². The van der Waals surface area contributed by atoms with E-state index in [0.29, 0.717) is 6.61 Å². The number of benzene rings is 1. The molecular formula is C18H28F3NO4. The van der Waals surface area contributed by atoms with Crippen molar-refractivity contribution >= 4 is 0 Å². The Morgan fingerprint density at radius 3 is 2.31 bits per heavy atom. The Bertz CT molecular complexity index is 513. The summed E-state index contributed by atoms with van der Waals surface area (Å²) in [5.41, 5.74) is -0.875. The second kappa shape index (κ2) is 11.4. The van der Waals surface area contributed by atoms with Crippen molar-refractivity contribution in [3.63, 3.8) is 0 Å². The summed E-state index contributed by atoms with van der Waals surface area (Å²) in [5, 5.41) is 19.8. The topological polar surface area (TPSA) is 62.2 Å². The van der Waals surface area contributed by atoms with E-state index in [0.717, 1.165) is 18.9 Å². The van der Waals surface area contributed by atoms with Gasteiger partial charge in [0, 0.05) is 19.7 Å². The lowest BCUT2D eigenvalue weighted by atomic mass is 10.2. The van der Waals surface area contributed by atoms with Crippen molar-refractivity contribution in [2.24, 2.45) is 0 Å². The minimum atomic E-state index is -4.51. The summed E-state index contributed by atoms with van der Waals surface area (Å²) < 4.78 is 49.1. The van der Waals surface area contributed by atoms with E-state index in [1.165, 1.54) is 18.2 Å². The standard InChI is InChI=1S/C18H28F3NO4/c1-3-4-9-25-12-14(23)10-22(2)11-15(24)13-26-17-8-6-5-7-16(17)18(19,20)21/h5-8,14-15,23-24H,3-4,9-13H2,1-2H3/t14-,15-/m0/s1. The van der Waals surface area contributed by atoms with E-state index in [-0.39, 0.29) is 32.1 Å². The summed E-state index contributed by atoms with van der Waals surface area (Å²) in [6.45, 7) is 3.00. The molecule has 0 bridgehead atoms. The predicted octanol–water partition coefficient (Wildman–Crippen LogP) is 2.55. The van der Waals surface area contributed by atoms with Gasteiger partial charge in [0.1, 0.15) is 18.5 Å². The summed E-state index contributed by atoms with van der Waals surface area (Å²) in [7, 11) is 1.70. The van der Waals surface area contributed by atoms with Crippen LogP contribution in [0.1, 0.15) is 25.3 Å². The van der Waals surface area contributed by atoms with Crippen LogP contribution in [0.2, 0.25) is 0 Å². The molecule has 2 atom stereocenters. The van der Waals surface area contributed by atoms with Gasteiger partial charge in [-0.25, -0.2) is 0 Å². The zero-order valence-corrected chi connectivity index (χ0v) is 15.2. The number of aliphatic hydroxyl groups excluding tert-OH is 2. The molecule has 0 spiro atoms. The normalized spacial score (nSPS) is 14.5. The molecule has 2 N–H and O–H groups in total. The van der Waals surface area contributed by atoms with Gasteiger partial charge in [-0.15, -0.1) is 0 Å². The number of hydrogen-bond acceptors (Lipinski definition) is 5. The molecule has 0 aliphatic heterocycles. The van der Waals surface area contributed by atoms with E-state index < -0.39 is 23.9 Å². The van der Waals surface area contributed by atoms with Crippen LogP contribution in [0.4, 0.5) is 13.2 Å². The molecule has 0 aliphatic rings. The molecule has 8 heteroatoms. The number of rotatable bonds is 12. The third-order valence-electron chi connectivity index (χ3n) is 3.62. The zero-order chi connectivity index (χ0) is 19.6. The second-order valence-corrected chi connectivity index (χ2v) is 6.26. The Hall–Kier alpha value is -1.35. The lowest BCUT2D eigenvalue weighted by molar-refractivity contribution is -0.139. The van der Waals surface area contributed by atoms with Crippen LogP contribution in [0, 0.1) is 0 Å². The monoisotopic (exact) mass is 379 g/mol. The van der Waals surface area contributed by atoms with Crippen molar-refractivity contribution in [3.8, 4) is 5.75 Å². The van der Waals surface area contributed by atoms with Gasteiger partial charge < -0.3 is 24.6 Å². The lowest BCUT2D eigenvalue weighted by Gasteiger charge is -2.23. The first kappa shape index (κ1) is 22.7. The highest BCUT2D eigenvalue weighted by Crippen LogP contribution is 2.35. The van der Waals surface area contributed by atoms with Gasteiger partial charge in [0.15, 0.2) is 0 Å². The third-order valence-corrected chi connectivity index (χ3v) is 3.62. The molecule has 0 saturated heterocycles. The molecule has 0 amide bonds.